The summed E-state index contributed by atoms with van der Waals surface area (Å²) in [6.07, 6.45) is -0.968. The van der Waals surface area contributed by atoms with Crippen molar-refractivity contribution in [2.45, 2.75) is 124 Å². The van der Waals surface area contributed by atoms with Gasteiger partial charge >= 0.3 is 0 Å². The number of aryl methyl sites for hydroxylation is 1. The largest absolute Gasteiger partial charge is 0.489 e. The van der Waals surface area contributed by atoms with Gasteiger partial charge in [-0.05, 0) is 54.7 Å². The van der Waals surface area contributed by atoms with Crippen LogP contribution in [0, 0.1) is 34.5 Å². The Morgan fingerprint density at radius 2 is 1.67 bits per heavy atom. The van der Waals surface area contributed by atoms with Crippen LogP contribution in [0.25, 0.3) is 10.4 Å². The number of pyridine rings is 1. The highest BCUT2D eigenvalue weighted by Gasteiger charge is 2.64. The highest BCUT2D eigenvalue weighted by Crippen LogP contribution is 2.55. The molecule has 4 atom stereocenters. The second-order valence-corrected chi connectivity index (χ2v) is 23.0. The minimum Gasteiger partial charge on any atom is -0.489 e. The molecule has 1 aliphatic carbocycles. The molecule has 4 heterocycles. The Morgan fingerprint density at radius 3 is 2.25 bits per heavy atom. The molecule has 4 aromatic rings. The number of rotatable bonds is 16. The van der Waals surface area contributed by atoms with E-state index in [0.717, 1.165) is 21.7 Å². The van der Waals surface area contributed by atoms with Gasteiger partial charge in [-0.1, -0.05) is 84.3 Å². The third-order valence-corrected chi connectivity index (χ3v) is 15.7. The minimum atomic E-state index is -3.21. The van der Waals surface area contributed by atoms with Gasteiger partial charge in [0.15, 0.2) is 0 Å². The van der Waals surface area contributed by atoms with Crippen molar-refractivity contribution in [3.05, 3.63) is 93.7 Å². The van der Waals surface area contributed by atoms with Crippen molar-refractivity contribution >= 4 is 52.4 Å². The number of aliphatic hydroxyl groups is 1. The van der Waals surface area contributed by atoms with E-state index >= 15 is 8.78 Å². The number of likely N-dealkylation sites (tertiary alicyclic amines) is 1. The van der Waals surface area contributed by atoms with E-state index in [-0.39, 0.29) is 31.0 Å². The van der Waals surface area contributed by atoms with E-state index in [4.69, 9.17) is 16.3 Å². The Kier molecular flexibility index (Phi) is 16.1. The molecule has 1 saturated carbocycles. The lowest BCUT2D eigenvalue weighted by atomic mass is 9.49. The van der Waals surface area contributed by atoms with Crippen LogP contribution in [0.5, 0.6) is 5.75 Å². The van der Waals surface area contributed by atoms with Gasteiger partial charge in [0, 0.05) is 81.1 Å². The van der Waals surface area contributed by atoms with Gasteiger partial charge in [0.1, 0.15) is 35.8 Å². The topological polar surface area (TPSA) is 193 Å². The average molecular weight is 1030 g/mol. The first-order valence-corrected chi connectivity index (χ1v) is 25.6. The number of ether oxygens (including phenoxy) is 1. The third-order valence-electron chi connectivity index (χ3n) is 14.4. The molecule has 19 heteroatoms. The molecule has 1 unspecified atom stereocenters. The Morgan fingerprint density at radius 1 is 0.986 bits per heavy atom. The van der Waals surface area contributed by atoms with Gasteiger partial charge in [-0.25, -0.2) is 18.7 Å². The first-order chi connectivity index (χ1) is 33.8. The molecule has 2 aromatic heterocycles. The van der Waals surface area contributed by atoms with Crippen LogP contribution >= 0.6 is 22.9 Å². The van der Waals surface area contributed by atoms with E-state index < -0.39 is 83.5 Å². The number of nitrogens with zero attached hydrogens (tertiary/aromatic N) is 6. The number of hydrogen-bond acceptors (Lipinski definition) is 12. The summed E-state index contributed by atoms with van der Waals surface area (Å²) in [7, 11) is 0. The zero-order chi connectivity index (χ0) is 52.5. The summed E-state index contributed by atoms with van der Waals surface area (Å²) in [6.45, 7) is 17.9. The number of alkyl halides is 2. The van der Waals surface area contributed by atoms with Gasteiger partial charge in [0.2, 0.25) is 17.7 Å². The van der Waals surface area contributed by atoms with Crippen LogP contribution in [0.4, 0.5) is 14.6 Å². The van der Waals surface area contributed by atoms with Crippen LogP contribution in [0.1, 0.15) is 108 Å². The maximum Gasteiger partial charge on any atom is 0.261 e. The van der Waals surface area contributed by atoms with E-state index in [1.165, 1.54) is 11.1 Å². The van der Waals surface area contributed by atoms with Crippen LogP contribution in [-0.2, 0) is 14.4 Å². The molecular formula is C53H66ClF2N9O6S. The van der Waals surface area contributed by atoms with Gasteiger partial charge in [0.05, 0.1) is 50.9 Å². The zero-order valence-electron chi connectivity index (χ0n) is 42.4. The maximum absolute atomic E-state index is 15.5. The van der Waals surface area contributed by atoms with Crippen LogP contribution < -0.4 is 25.6 Å². The van der Waals surface area contributed by atoms with Crippen molar-refractivity contribution < 1.29 is 37.8 Å². The van der Waals surface area contributed by atoms with E-state index in [1.54, 1.807) is 72.9 Å². The number of amides is 4. The first-order valence-electron chi connectivity index (χ1n) is 24.4. The molecule has 3 fully saturated rings. The molecule has 3 aliphatic rings. The number of anilines is 1. The fourth-order valence-corrected chi connectivity index (χ4v) is 11.6. The monoisotopic (exact) mass is 1030 g/mol. The molecule has 2 saturated heterocycles. The summed E-state index contributed by atoms with van der Waals surface area (Å²) < 4.78 is 37.4. The third kappa shape index (κ3) is 12.0. The molecule has 386 valence electrons. The van der Waals surface area contributed by atoms with Crippen LogP contribution in [0.2, 0.25) is 5.02 Å². The van der Waals surface area contributed by atoms with Gasteiger partial charge < -0.3 is 35.6 Å². The van der Waals surface area contributed by atoms with Gasteiger partial charge in [-0.2, -0.15) is 5.26 Å². The molecule has 7 rings (SSSR count). The number of thiazole rings is 1. The first kappa shape index (κ1) is 54.0. The molecule has 0 spiro atoms. The normalized spacial score (nSPS) is 21.7. The summed E-state index contributed by atoms with van der Waals surface area (Å²) >= 11 is 7.79. The molecule has 15 nitrogen and oxygen atoms in total. The predicted molar refractivity (Wildman–Crippen MR) is 273 cm³/mol. The number of aliphatic hydroxyl groups excluding tert-OH is 1. The number of halogens is 3. The summed E-state index contributed by atoms with van der Waals surface area (Å²) in [5.41, 5.74) is 3.57. The van der Waals surface area contributed by atoms with E-state index in [1.807, 2.05) is 76.8 Å². The van der Waals surface area contributed by atoms with Crippen molar-refractivity contribution in [2.24, 2.45) is 16.2 Å². The Bertz CT molecular complexity index is 2650. The number of hydrogen-bond donors (Lipinski definition) is 4. The summed E-state index contributed by atoms with van der Waals surface area (Å²) in [5.74, 6) is -4.07. The van der Waals surface area contributed by atoms with Gasteiger partial charge in [-0.15, -0.1) is 11.3 Å². The van der Waals surface area contributed by atoms with E-state index in [2.05, 4.69) is 25.9 Å². The van der Waals surface area contributed by atoms with Crippen molar-refractivity contribution in [3.63, 3.8) is 0 Å². The van der Waals surface area contributed by atoms with Crippen molar-refractivity contribution in [2.75, 3.05) is 44.2 Å². The Hall–Kier alpha value is -5.74. The standard InChI is InChI=1S/C53H66ClF2N9O6S/c1-31(33-10-12-34(13-11-33)43-32(2)59-30-72-43)60-46(69)40-24-37(66)28-65(40)47(70)44(50(3,4)5)61-42(67)18-19-53(55,56)29-63-20-22-64(23-21-63)41-17-15-36(27-58-41)45(68)62-48-51(6,7)49(52(48,8)9)71-38-16-14-35(26-57)39(54)25-38/h10-17,25,27,30-31,37,40,44,48-49,66H,18-24,28-29H2,1-9H3,(H,60,69)(H,61,67)(H,62,68)/t31-,37+,40-,44?,48?,49?/m0/s1. The van der Waals surface area contributed by atoms with Crippen molar-refractivity contribution in [1.82, 2.24) is 35.7 Å². The minimum absolute atomic E-state index is 0.0118. The molecule has 2 aliphatic heterocycles. The number of nitriles is 1. The number of carbonyl (C=O) groups excluding carboxylic acids is 4. The second kappa shape index (κ2) is 21.4. The average Bonchev–Trinajstić information content (AvgIpc) is 3.95. The van der Waals surface area contributed by atoms with Crippen LogP contribution in [0.15, 0.2) is 66.3 Å². The lowest BCUT2D eigenvalue weighted by Gasteiger charge is -2.63. The lowest BCUT2D eigenvalue weighted by molar-refractivity contribution is -0.164. The fraction of sp³-hybridized carbons (Fsp3) is 0.528. The van der Waals surface area contributed by atoms with Crippen molar-refractivity contribution in [1.29, 1.82) is 5.26 Å². The molecule has 0 radical (unpaired) electrons. The SMILES string of the molecule is Cc1ncsc1-c1ccc([C@H](C)NC(=O)[C@@H]2C[C@@H](O)CN2C(=O)C(NC(=O)CCC(F)(F)CN2CCN(c3ccc(C(=O)NC4C(C)(C)C(Oc5ccc(C#N)c(Cl)c5)C4(C)C)cn3)CC2)C(C)(C)C)cc1. The van der Waals surface area contributed by atoms with Crippen molar-refractivity contribution in [3.8, 4) is 22.3 Å². The number of aromatic nitrogens is 2. The predicted octanol–water partition coefficient (Wildman–Crippen LogP) is 7.56. The summed E-state index contributed by atoms with van der Waals surface area (Å²) in [6, 6.07) is 15.4. The second-order valence-electron chi connectivity index (χ2n) is 21.7. The molecule has 72 heavy (non-hydrogen) atoms. The number of piperazine rings is 1. The van der Waals surface area contributed by atoms with Gasteiger partial charge in [0.25, 0.3) is 11.8 Å². The summed E-state index contributed by atoms with van der Waals surface area (Å²) in [4.78, 5) is 69.5. The zero-order valence-corrected chi connectivity index (χ0v) is 44.0. The highest BCUT2D eigenvalue weighted by molar-refractivity contribution is 7.13. The van der Waals surface area contributed by atoms with Gasteiger partial charge in [-0.3, -0.25) is 24.1 Å². The molecule has 2 aromatic carbocycles. The van der Waals surface area contributed by atoms with Crippen LogP contribution in [-0.4, -0.2) is 124 Å². The van der Waals surface area contributed by atoms with E-state index in [0.29, 0.717) is 53.9 Å². The molecule has 0 bridgehead atoms. The quantitative estimate of drug-likeness (QED) is 0.0866. The molecule has 4 amide bonds. The van der Waals surface area contributed by atoms with E-state index in [9.17, 15) is 29.5 Å². The molecule has 4 N–H and O–H groups in total. The number of nitrogens with one attached hydrogen (secondary N) is 3. The smallest absolute Gasteiger partial charge is 0.261 e. The van der Waals surface area contributed by atoms with Crippen LogP contribution in [0.3, 0.4) is 0 Å². The number of benzene rings is 2. The fourth-order valence-electron chi connectivity index (χ4n) is 10.6. The highest BCUT2D eigenvalue weighted by atomic mass is 35.5. The number of β-amino-alcohol motifs (C(OH)–C–C–N with tert-alkyl or cyclic N) is 1. The number of carbonyl (C=O) groups is 4. The maximum atomic E-state index is 15.5. The Labute approximate surface area is 429 Å². The molecular weight excluding hydrogens is 964 g/mol. The summed E-state index contributed by atoms with van der Waals surface area (Å²) in [5, 5.41) is 29.0. The Balaban J connectivity index is 0.862. The lowest BCUT2D eigenvalue weighted by Crippen LogP contribution is -2.74.